The molecule has 4 heterocycles. The molecule has 1 saturated heterocycles. The summed E-state index contributed by atoms with van der Waals surface area (Å²) in [6.07, 6.45) is -4.24. The summed E-state index contributed by atoms with van der Waals surface area (Å²) < 4.78 is 88.9. The van der Waals surface area contributed by atoms with E-state index < -0.39 is 46.9 Å². The fraction of sp³-hybridized carbons (Fsp3) is 0.562. The van der Waals surface area contributed by atoms with E-state index in [1.54, 1.807) is 47.6 Å². The molecule has 1 fully saturated rings. The standard InChI is InChI=1S/C16H21F3N2O2.C16H19F3N2O2.H2/c2*1-15(2,3)23-14(22)21-9-6-11(7-10-21)13-12(16(17,18)19)5-4-8-20-13;/h4-5,8,11H,6-7,9-10H2,1-3H3;4-6,8H,7,9-10H2,1-3H3;1H. The zero-order valence-electron chi connectivity index (χ0n) is 26.8. The Morgan fingerprint density at radius 3 is 1.74 bits per heavy atom. The molecule has 46 heavy (non-hydrogen) atoms. The number of hydrogen-bond acceptors (Lipinski definition) is 6. The number of likely N-dealkylation sites (tertiary alicyclic amines) is 1. The lowest BCUT2D eigenvalue weighted by molar-refractivity contribution is -0.139. The number of amides is 2. The molecule has 0 unspecified atom stereocenters. The van der Waals surface area contributed by atoms with Crippen molar-refractivity contribution in [1.82, 2.24) is 19.8 Å². The molecule has 4 rings (SSSR count). The molecule has 0 aliphatic carbocycles. The van der Waals surface area contributed by atoms with E-state index in [2.05, 4.69) is 9.97 Å². The van der Waals surface area contributed by atoms with Crippen molar-refractivity contribution in [2.24, 2.45) is 0 Å². The smallest absolute Gasteiger partial charge is 0.418 e. The van der Waals surface area contributed by atoms with Crippen molar-refractivity contribution in [1.29, 1.82) is 0 Å². The van der Waals surface area contributed by atoms with E-state index in [0.717, 1.165) is 12.1 Å². The predicted octanol–water partition coefficient (Wildman–Crippen LogP) is 8.59. The topological polar surface area (TPSA) is 84.9 Å². The molecule has 0 saturated carbocycles. The van der Waals surface area contributed by atoms with Gasteiger partial charge in [0.15, 0.2) is 0 Å². The van der Waals surface area contributed by atoms with Gasteiger partial charge >= 0.3 is 24.5 Å². The minimum Gasteiger partial charge on any atom is -0.444 e. The van der Waals surface area contributed by atoms with E-state index in [4.69, 9.17) is 9.47 Å². The zero-order valence-corrected chi connectivity index (χ0v) is 26.8. The van der Waals surface area contributed by atoms with E-state index in [1.165, 1.54) is 34.3 Å². The first-order valence-electron chi connectivity index (χ1n) is 14.9. The Bertz CT molecular complexity index is 1400. The molecule has 0 aromatic carbocycles. The monoisotopic (exact) mass is 660 g/mol. The van der Waals surface area contributed by atoms with Gasteiger partial charge in [0.2, 0.25) is 0 Å². The van der Waals surface area contributed by atoms with Crippen LogP contribution in [-0.4, -0.2) is 69.3 Å². The van der Waals surface area contributed by atoms with Gasteiger partial charge in [-0.1, -0.05) is 6.08 Å². The molecule has 2 aromatic rings. The van der Waals surface area contributed by atoms with Crippen molar-refractivity contribution in [3.8, 4) is 0 Å². The van der Waals surface area contributed by atoms with E-state index in [9.17, 15) is 35.9 Å². The van der Waals surface area contributed by atoms with Crippen LogP contribution in [0.25, 0.3) is 5.57 Å². The number of aromatic nitrogens is 2. The molecule has 0 spiro atoms. The Morgan fingerprint density at radius 1 is 0.761 bits per heavy atom. The van der Waals surface area contributed by atoms with Crippen LogP contribution in [0.2, 0.25) is 0 Å². The molecule has 0 atom stereocenters. The number of nitrogens with zero attached hydrogens (tertiary/aromatic N) is 4. The van der Waals surface area contributed by atoms with Gasteiger partial charge in [0, 0.05) is 45.9 Å². The minimum atomic E-state index is -4.45. The van der Waals surface area contributed by atoms with Crippen molar-refractivity contribution in [3.63, 3.8) is 0 Å². The molecule has 8 nitrogen and oxygen atoms in total. The SMILES string of the molecule is CC(C)(C)OC(=O)N1CC=C(c2ncccc2C(F)(F)F)CC1.CC(C)(C)OC(=O)N1CCC(c2ncccc2C(F)(F)F)CC1.[HH]. The number of carbonyl (C=O) groups excluding carboxylic acids is 2. The van der Waals surface area contributed by atoms with Gasteiger partial charge in [-0.25, -0.2) is 9.59 Å². The van der Waals surface area contributed by atoms with E-state index in [1.807, 2.05) is 0 Å². The highest BCUT2D eigenvalue weighted by Gasteiger charge is 2.38. The molecular weight excluding hydrogens is 618 g/mol. The third-order valence-corrected chi connectivity index (χ3v) is 6.96. The number of alkyl halides is 6. The van der Waals surface area contributed by atoms with Gasteiger partial charge < -0.3 is 19.3 Å². The average molecular weight is 661 g/mol. The van der Waals surface area contributed by atoms with Crippen LogP contribution in [0.3, 0.4) is 0 Å². The highest BCUT2D eigenvalue weighted by atomic mass is 19.4. The number of hydrogen-bond donors (Lipinski definition) is 0. The molecule has 256 valence electrons. The Kier molecular flexibility index (Phi) is 11.4. The van der Waals surface area contributed by atoms with Crippen LogP contribution in [0, 0.1) is 0 Å². The highest BCUT2D eigenvalue weighted by molar-refractivity contribution is 5.72. The molecule has 2 amide bonds. The quantitative estimate of drug-likeness (QED) is 0.300. The molecule has 2 aliphatic heterocycles. The van der Waals surface area contributed by atoms with Crippen molar-refractivity contribution >= 4 is 17.8 Å². The number of rotatable bonds is 2. The number of carbonyl (C=O) groups is 2. The highest BCUT2D eigenvalue weighted by Crippen LogP contribution is 2.38. The summed E-state index contributed by atoms with van der Waals surface area (Å²) in [6, 6.07) is 4.64. The van der Waals surface area contributed by atoms with Gasteiger partial charge in [-0.3, -0.25) is 9.97 Å². The first-order chi connectivity index (χ1) is 21.2. The second kappa shape index (κ2) is 14.3. The largest absolute Gasteiger partial charge is 0.444 e. The summed E-state index contributed by atoms with van der Waals surface area (Å²) in [5.41, 5.74) is -2.12. The van der Waals surface area contributed by atoms with Crippen LogP contribution in [0.1, 0.15) is 90.7 Å². The molecular formula is C32H42F6N4O4. The predicted molar refractivity (Wildman–Crippen MR) is 161 cm³/mol. The number of piperidine rings is 1. The second-order valence-corrected chi connectivity index (χ2v) is 13.0. The minimum absolute atomic E-state index is 0. The average Bonchev–Trinajstić information content (AvgIpc) is 2.95. The summed E-state index contributed by atoms with van der Waals surface area (Å²) in [5, 5.41) is 0. The van der Waals surface area contributed by atoms with Gasteiger partial charge in [0.1, 0.15) is 11.2 Å². The van der Waals surface area contributed by atoms with Crippen LogP contribution in [0.4, 0.5) is 35.9 Å². The van der Waals surface area contributed by atoms with Gasteiger partial charge in [-0.2, -0.15) is 26.3 Å². The van der Waals surface area contributed by atoms with Crippen LogP contribution in [-0.2, 0) is 21.8 Å². The maximum Gasteiger partial charge on any atom is 0.418 e. The van der Waals surface area contributed by atoms with E-state index in [0.29, 0.717) is 44.5 Å². The maximum absolute atomic E-state index is 13.1. The second-order valence-electron chi connectivity index (χ2n) is 13.0. The van der Waals surface area contributed by atoms with Gasteiger partial charge in [0.05, 0.1) is 22.5 Å². The lowest BCUT2D eigenvalue weighted by Gasteiger charge is -2.33. The fourth-order valence-corrected chi connectivity index (χ4v) is 4.91. The number of halogens is 6. The number of ether oxygens (including phenoxy) is 2. The first kappa shape index (κ1) is 36.6. The van der Waals surface area contributed by atoms with Crippen molar-refractivity contribution < 1.29 is 46.8 Å². The third kappa shape index (κ3) is 10.6. The van der Waals surface area contributed by atoms with Crippen LogP contribution >= 0.6 is 0 Å². The normalized spacial score (nSPS) is 16.7. The molecule has 0 bridgehead atoms. The lowest BCUT2D eigenvalue weighted by atomic mass is 9.90. The molecule has 0 radical (unpaired) electrons. The Morgan fingerprint density at radius 2 is 1.26 bits per heavy atom. The fourth-order valence-electron chi connectivity index (χ4n) is 4.91. The summed E-state index contributed by atoms with van der Waals surface area (Å²) in [5.74, 6) is -0.300. The summed E-state index contributed by atoms with van der Waals surface area (Å²) >= 11 is 0. The van der Waals surface area contributed by atoms with Crippen LogP contribution in [0.15, 0.2) is 42.7 Å². The van der Waals surface area contributed by atoms with Crippen molar-refractivity contribution in [3.05, 3.63) is 65.2 Å². The van der Waals surface area contributed by atoms with E-state index in [-0.39, 0.29) is 25.3 Å². The van der Waals surface area contributed by atoms with Crippen LogP contribution < -0.4 is 0 Å². The third-order valence-electron chi connectivity index (χ3n) is 6.96. The number of pyridine rings is 2. The molecule has 14 heteroatoms. The van der Waals surface area contributed by atoms with Gasteiger partial charge in [-0.05, 0) is 90.6 Å². The summed E-state index contributed by atoms with van der Waals surface area (Å²) in [7, 11) is 0. The summed E-state index contributed by atoms with van der Waals surface area (Å²) in [6.45, 7) is 11.9. The molecule has 0 N–H and O–H groups in total. The lowest BCUT2D eigenvalue weighted by Crippen LogP contribution is -2.41. The zero-order chi connectivity index (χ0) is 34.5. The Balaban J connectivity index is 0.000000320. The summed E-state index contributed by atoms with van der Waals surface area (Å²) in [4.78, 5) is 34.8. The maximum atomic E-state index is 13.1. The van der Waals surface area contributed by atoms with Gasteiger partial charge in [-0.15, -0.1) is 0 Å². The van der Waals surface area contributed by atoms with Crippen LogP contribution in [0.5, 0.6) is 0 Å². The molecule has 2 aliphatic rings. The Labute approximate surface area is 266 Å². The Hall–Kier alpha value is -3.84. The van der Waals surface area contributed by atoms with E-state index >= 15 is 0 Å². The first-order valence-corrected chi connectivity index (χ1v) is 14.9. The van der Waals surface area contributed by atoms with Gasteiger partial charge in [0.25, 0.3) is 0 Å². The van der Waals surface area contributed by atoms with Crippen molar-refractivity contribution in [2.45, 2.75) is 90.3 Å². The molecule has 2 aromatic heterocycles. The van der Waals surface area contributed by atoms with Crippen molar-refractivity contribution in [2.75, 3.05) is 26.2 Å².